The average Bonchev–Trinajstić information content (AvgIpc) is 2.90. The van der Waals surface area contributed by atoms with Crippen LogP contribution in [0.1, 0.15) is 52.4 Å². The van der Waals surface area contributed by atoms with Gasteiger partial charge >= 0.3 is 0 Å². The Hall–Kier alpha value is -2.09. The molecule has 0 bridgehead atoms. The molecule has 0 aliphatic carbocycles. The Balaban J connectivity index is 1.86. The molecule has 1 heterocycles. The molecule has 0 aromatic heterocycles. The van der Waals surface area contributed by atoms with Crippen LogP contribution in [-0.2, 0) is 13.1 Å². The molecule has 21 heavy (non-hydrogen) atoms. The van der Waals surface area contributed by atoms with Crippen molar-refractivity contribution in [2.24, 2.45) is 0 Å². The fourth-order valence-electron chi connectivity index (χ4n) is 3.05. The van der Waals surface area contributed by atoms with Gasteiger partial charge in [-0.25, -0.2) is 0 Å². The summed E-state index contributed by atoms with van der Waals surface area (Å²) in [6, 6.07) is 14.4. The van der Waals surface area contributed by atoms with E-state index in [2.05, 4.69) is 45.0 Å². The van der Waals surface area contributed by atoms with E-state index in [-0.39, 0.29) is 5.91 Å². The zero-order valence-electron chi connectivity index (χ0n) is 12.9. The van der Waals surface area contributed by atoms with Gasteiger partial charge in [-0.05, 0) is 47.2 Å². The van der Waals surface area contributed by atoms with Gasteiger partial charge in [0.05, 0.1) is 0 Å². The summed E-state index contributed by atoms with van der Waals surface area (Å²) in [6.07, 6.45) is 0. The molecule has 0 unspecified atom stereocenters. The lowest BCUT2D eigenvalue weighted by Crippen LogP contribution is -2.25. The Labute approximate surface area is 126 Å². The molecule has 0 N–H and O–H groups in total. The lowest BCUT2D eigenvalue weighted by atomic mass is 9.95. The molecule has 0 radical (unpaired) electrons. The van der Waals surface area contributed by atoms with E-state index in [0.29, 0.717) is 5.92 Å². The van der Waals surface area contributed by atoms with E-state index in [1.54, 1.807) is 0 Å². The summed E-state index contributed by atoms with van der Waals surface area (Å²) in [7, 11) is 0. The maximum atomic E-state index is 12.7. The lowest BCUT2D eigenvalue weighted by molar-refractivity contribution is 0.0751. The normalized spacial score (nSPS) is 13.6. The van der Waals surface area contributed by atoms with Gasteiger partial charge in [0, 0.05) is 18.7 Å². The molecule has 1 amide bonds. The topological polar surface area (TPSA) is 20.3 Å². The Morgan fingerprint density at radius 2 is 1.67 bits per heavy atom. The van der Waals surface area contributed by atoms with E-state index < -0.39 is 0 Å². The molecule has 2 aromatic rings. The molecule has 0 atom stereocenters. The number of hydrogen-bond donors (Lipinski definition) is 0. The second kappa shape index (κ2) is 5.36. The van der Waals surface area contributed by atoms with Crippen LogP contribution >= 0.6 is 0 Å². The summed E-state index contributed by atoms with van der Waals surface area (Å²) in [5.41, 5.74) is 5.85. The SMILES string of the molecule is Cc1ccc(C(=O)N2Cc3ccccc3C2)cc1C(C)C. The molecular weight excluding hydrogens is 258 g/mol. The summed E-state index contributed by atoms with van der Waals surface area (Å²) >= 11 is 0. The molecule has 3 rings (SSSR count). The first-order chi connectivity index (χ1) is 10.1. The van der Waals surface area contributed by atoms with E-state index >= 15 is 0 Å². The monoisotopic (exact) mass is 279 g/mol. The average molecular weight is 279 g/mol. The molecule has 0 saturated carbocycles. The second-order valence-electron chi connectivity index (χ2n) is 6.16. The third kappa shape index (κ3) is 2.58. The minimum absolute atomic E-state index is 0.133. The third-order valence-corrected chi connectivity index (χ3v) is 4.28. The molecule has 0 saturated heterocycles. The van der Waals surface area contributed by atoms with Gasteiger partial charge < -0.3 is 4.90 Å². The van der Waals surface area contributed by atoms with Gasteiger partial charge in [0.1, 0.15) is 0 Å². The van der Waals surface area contributed by atoms with Crippen LogP contribution in [0.4, 0.5) is 0 Å². The van der Waals surface area contributed by atoms with Crippen molar-refractivity contribution in [2.45, 2.75) is 39.8 Å². The molecule has 108 valence electrons. The Morgan fingerprint density at radius 3 is 2.24 bits per heavy atom. The van der Waals surface area contributed by atoms with E-state index in [4.69, 9.17) is 0 Å². The van der Waals surface area contributed by atoms with Crippen LogP contribution in [0, 0.1) is 6.92 Å². The number of aryl methyl sites for hydroxylation is 1. The predicted molar refractivity (Wildman–Crippen MR) is 85.3 cm³/mol. The van der Waals surface area contributed by atoms with Gasteiger partial charge in [-0.1, -0.05) is 44.2 Å². The summed E-state index contributed by atoms with van der Waals surface area (Å²) in [5, 5.41) is 0. The fraction of sp³-hybridized carbons (Fsp3) is 0.316. The van der Waals surface area contributed by atoms with Crippen molar-refractivity contribution in [1.29, 1.82) is 0 Å². The maximum absolute atomic E-state index is 12.7. The van der Waals surface area contributed by atoms with Gasteiger partial charge in [0.15, 0.2) is 0 Å². The standard InChI is InChI=1S/C19H21NO/c1-13(2)18-10-15(9-8-14(18)3)19(21)20-11-16-6-4-5-7-17(16)12-20/h4-10,13H,11-12H2,1-3H3. The van der Waals surface area contributed by atoms with E-state index in [9.17, 15) is 4.79 Å². The van der Waals surface area contributed by atoms with Crippen molar-refractivity contribution in [2.75, 3.05) is 0 Å². The van der Waals surface area contributed by atoms with Gasteiger partial charge in [-0.2, -0.15) is 0 Å². The van der Waals surface area contributed by atoms with Crippen molar-refractivity contribution >= 4 is 5.91 Å². The van der Waals surface area contributed by atoms with Crippen molar-refractivity contribution in [3.05, 3.63) is 70.3 Å². The van der Waals surface area contributed by atoms with Crippen LogP contribution in [0.3, 0.4) is 0 Å². The lowest BCUT2D eigenvalue weighted by Gasteiger charge is -2.17. The van der Waals surface area contributed by atoms with Crippen LogP contribution in [0.2, 0.25) is 0 Å². The first-order valence-corrected chi connectivity index (χ1v) is 7.53. The number of hydrogen-bond acceptors (Lipinski definition) is 1. The fourth-order valence-corrected chi connectivity index (χ4v) is 3.05. The van der Waals surface area contributed by atoms with Gasteiger partial charge in [-0.15, -0.1) is 0 Å². The van der Waals surface area contributed by atoms with E-state index in [0.717, 1.165) is 18.7 Å². The van der Waals surface area contributed by atoms with Crippen LogP contribution in [0.15, 0.2) is 42.5 Å². The quantitative estimate of drug-likeness (QED) is 0.803. The zero-order valence-corrected chi connectivity index (χ0v) is 12.9. The molecule has 0 fully saturated rings. The highest BCUT2D eigenvalue weighted by molar-refractivity contribution is 5.94. The van der Waals surface area contributed by atoms with Crippen LogP contribution in [-0.4, -0.2) is 10.8 Å². The number of benzene rings is 2. The smallest absolute Gasteiger partial charge is 0.254 e. The van der Waals surface area contributed by atoms with Gasteiger partial charge in [0.2, 0.25) is 0 Å². The van der Waals surface area contributed by atoms with Crippen molar-refractivity contribution in [3.63, 3.8) is 0 Å². The van der Waals surface area contributed by atoms with Crippen LogP contribution < -0.4 is 0 Å². The van der Waals surface area contributed by atoms with Crippen LogP contribution in [0.5, 0.6) is 0 Å². The molecule has 2 aromatic carbocycles. The highest BCUT2D eigenvalue weighted by Crippen LogP contribution is 2.26. The number of carbonyl (C=O) groups is 1. The van der Waals surface area contributed by atoms with E-state index in [1.165, 1.54) is 22.3 Å². The minimum Gasteiger partial charge on any atom is -0.330 e. The molecule has 1 aliphatic rings. The summed E-state index contributed by atoms with van der Waals surface area (Å²) < 4.78 is 0. The highest BCUT2D eigenvalue weighted by atomic mass is 16.2. The molecular formula is C19H21NO. The predicted octanol–water partition coefficient (Wildman–Crippen LogP) is 4.27. The summed E-state index contributed by atoms with van der Waals surface area (Å²) in [4.78, 5) is 14.7. The van der Waals surface area contributed by atoms with Crippen molar-refractivity contribution in [3.8, 4) is 0 Å². The van der Waals surface area contributed by atoms with Gasteiger partial charge in [0.25, 0.3) is 5.91 Å². The molecule has 2 heteroatoms. The minimum atomic E-state index is 0.133. The summed E-state index contributed by atoms with van der Waals surface area (Å²) in [5.74, 6) is 0.571. The number of amides is 1. The third-order valence-electron chi connectivity index (χ3n) is 4.28. The van der Waals surface area contributed by atoms with Crippen molar-refractivity contribution < 1.29 is 4.79 Å². The molecule has 0 spiro atoms. The number of carbonyl (C=O) groups excluding carboxylic acids is 1. The number of fused-ring (bicyclic) bond motifs is 1. The summed E-state index contributed by atoms with van der Waals surface area (Å²) in [6.45, 7) is 7.89. The van der Waals surface area contributed by atoms with Crippen LogP contribution in [0.25, 0.3) is 0 Å². The largest absolute Gasteiger partial charge is 0.330 e. The van der Waals surface area contributed by atoms with Gasteiger partial charge in [-0.3, -0.25) is 4.79 Å². The Morgan fingerprint density at radius 1 is 1.05 bits per heavy atom. The first kappa shape index (κ1) is 13.9. The Bertz CT molecular complexity index is 663. The number of nitrogens with zero attached hydrogens (tertiary/aromatic N) is 1. The maximum Gasteiger partial charge on any atom is 0.254 e. The van der Waals surface area contributed by atoms with E-state index in [1.807, 2.05) is 23.1 Å². The first-order valence-electron chi connectivity index (χ1n) is 7.53. The molecule has 1 aliphatic heterocycles. The Kier molecular flexibility index (Phi) is 3.54. The second-order valence-corrected chi connectivity index (χ2v) is 6.16. The highest BCUT2D eigenvalue weighted by Gasteiger charge is 2.24. The van der Waals surface area contributed by atoms with Crippen molar-refractivity contribution in [1.82, 2.24) is 4.90 Å². The molecule has 2 nitrogen and oxygen atoms in total. The number of rotatable bonds is 2. The zero-order chi connectivity index (χ0) is 15.0.